The second kappa shape index (κ2) is 5.78. The summed E-state index contributed by atoms with van der Waals surface area (Å²) in [4.78, 5) is 2.46. The van der Waals surface area contributed by atoms with Crippen LogP contribution in [-0.2, 0) is 13.3 Å². The molecule has 0 unspecified atom stereocenters. The van der Waals surface area contributed by atoms with Crippen LogP contribution in [0.25, 0.3) is 0 Å². The molecule has 0 amide bonds. The summed E-state index contributed by atoms with van der Waals surface area (Å²) in [7, 11) is -2.53. The first-order valence-corrected chi connectivity index (χ1v) is 10.5. The third-order valence-corrected chi connectivity index (χ3v) is 7.53. The second-order valence-corrected chi connectivity index (χ2v) is 9.79. The van der Waals surface area contributed by atoms with Crippen molar-refractivity contribution in [3.63, 3.8) is 0 Å². The number of fused-ring (bicyclic) bond motifs is 4. The SMILES string of the molecule is C=C(C)[C@@H]1CC[C@@H](C)C[C@@]12CN1CCO[Si](C)(OCC1)O2. The Kier molecular flexibility index (Phi) is 4.31. The predicted molar refractivity (Wildman–Crippen MR) is 85.1 cm³/mol. The molecule has 3 atom stereocenters. The van der Waals surface area contributed by atoms with Crippen molar-refractivity contribution in [2.45, 2.75) is 45.3 Å². The molecule has 0 radical (unpaired) electrons. The Morgan fingerprint density at radius 3 is 2.52 bits per heavy atom. The fraction of sp³-hybridized carbons (Fsp3) is 0.875. The first kappa shape index (κ1) is 15.7. The van der Waals surface area contributed by atoms with Gasteiger partial charge >= 0.3 is 8.80 Å². The molecule has 1 spiro atoms. The molecule has 0 aromatic rings. The van der Waals surface area contributed by atoms with Gasteiger partial charge in [-0.3, -0.25) is 4.90 Å². The van der Waals surface area contributed by atoms with Gasteiger partial charge < -0.3 is 13.3 Å². The molecule has 1 saturated carbocycles. The van der Waals surface area contributed by atoms with Gasteiger partial charge in [0.1, 0.15) is 0 Å². The van der Waals surface area contributed by atoms with Gasteiger partial charge in [-0.25, -0.2) is 0 Å². The Bertz CT molecular complexity index is 406. The zero-order chi connectivity index (χ0) is 15.1. The summed E-state index contributed by atoms with van der Waals surface area (Å²) in [6.07, 6.45) is 3.54. The van der Waals surface area contributed by atoms with Gasteiger partial charge in [-0.1, -0.05) is 19.1 Å². The Hall–Kier alpha value is -0.203. The summed E-state index contributed by atoms with van der Waals surface area (Å²) in [5.74, 6) is 1.12. The number of rotatable bonds is 1. The van der Waals surface area contributed by atoms with E-state index in [2.05, 4.69) is 31.9 Å². The zero-order valence-electron chi connectivity index (χ0n) is 13.7. The average molecular weight is 311 g/mol. The molecular formula is C16H29NO3Si. The molecule has 3 heterocycles. The van der Waals surface area contributed by atoms with Crippen molar-refractivity contribution < 1.29 is 13.3 Å². The van der Waals surface area contributed by atoms with E-state index in [0.717, 1.165) is 39.3 Å². The summed E-state index contributed by atoms with van der Waals surface area (Å²) in [5, 5.41) is 0. The van der Waals surface area contributed by atoms with Gasteiger partial charge in [-0.05, 0) is 32.1 Å². The minimum Gasteiger partial charge on any atom is -0.372 e. The highest BCUT2D eigenvalue weighted by Crippen LogP contribution is 2.46. The van der Waals surface area contributed by atoms with E-state index in [4.69, 9.17) is 13.3 Å². The first-order chi connectivity index (χ1) is 9.92. The van der Waals surface area contributed by atoms with Gasteiger partial charge in [-0.2, -0.15) is 0 Å². The van der Waals surface area contributed by atoms with E-state index in [1.165, 1.54) is 18.4 Å². The summed E-state index contributed by atoms with van der Waals surface area (Å²) < 4.78 is 18.8. The molecule has 4 fully saturated rings. The molecule has 4 aliphatic rings. The van der Waals surface area contributed by atoms with E-state index in [1.807, 2.05) is 0 Å². The molecule has 0 aromatic carbocycles. The summed E-state index contributed by atoms with van der Waals surface area (Å²) in [5.41, 5.74) is 1.09. The van der Waals surface area contributed by atoms with Crippen LogP contribution in [0.4, 0.5) is 0 Å². The monoisotopic (exact) mass is 311 g/mol. The summed E-state index contributed by atoms with van der Waals surface area (Å²) in [6, 6.07) is 0. The first-order valence-electron chi connectivity index (χ1n) is 8.28. The second-order valence-electron chi connectivity index (χ2n) is 7.29. The lowest BCUT2D eigenvalue weighted by Gasteiger charge is -2.54. The highest BCUT2D eigenvalue weighted by molar-refractivity contribution is 6.59. The predicted octanol–water partition coefficient (Wildman–Crippen LogP) is 2.69. The number of hydrogen-bond donors (Lipinski definition) is 0. The van der Waals surface area contributed by atoms with Gasteiger partial charge in [0, 0.05) is 32.1 Å². The van der Waals surface area contributed by atoms with Crippen molar-refractivity contribution >= 4 is 8.80 Å². The quantitative estimate of drug-likeness (QED) is 0.550. The van der Waals surface area contributed by atoms with Gasteiger partial charge in [0.2, 0.25) is 0 Å². The average Bonchev–Trinajstić information content (AvgIpc) is 2.33. The third-order valence-electron chi connectivity index (χ3n) is 5.30. The minimum atomic E-state index is -2.53. The normalized spacial score (nSPS) is 47.7. The molecule has 120 valence electrons. The van der Waals surface area contributed by atoms with Crippen molar-refractivity contribution in [3.05, 3.63) is 12.2 Å². The molecule has 0 aromatic heterocycles. The lowest BCUT2D eigenvalue weighted by Crippen LogP contribution is -2.65. The van der Waals surface area contributed by atoms with E-state index in [0.29, 0.717) is 11.8 Å². The Labute approximate surface area is 129 Å². The largest absolute Gasteiger partial charge is 0.498 e. The van der Waals surface area contributed by atoms with Gasteiger partial charge in [-0.15, -0.1) is 0 Å². The van der Waals surface area contributed by atoms with Crippen molar-refractivity contribution in [2.75, 3.05) is 32.8 Å². The van der Waals surface area contributed by atoms with Crippen LogP contribution in [0.1, 0.15) is 33.1 Å². The molecule has 1 aliphatic carbocycles. The molecule has 3 aliphatic heterocycles. The van der Waals surface area contributed by atoms with Crippen LogP contribution < -0.4 is 0 Å². The molecule has 5 heteroatoms. The maximum absolute atomic E-state index is 6.71. The van der Waals surface area contributed by atoms with Crippen molar-refractivity contribution in [1.82, 2.24) is 4.90 Å². The standard InChI is InChI=1S/C16H29NO3Si/c1-13(2)15-6-5-14(3)11-16(15)12-17-7-9-18-21(4,20-16)19-10-8-17/h14-15H,1,5-12H2,2-4H3/t14-,15+,16-/m1/s1. The van der Waals surface area contributed by atoms with Gasteiger partial charge in [0.05, 0.1) is 18.8 Å². The number of nitrogens with zero attached hydrogens (tertiary/aromatic N) is 1. The van der Waals surface area contributed by atoms with E-state index < -0.39 is 8.80 Å². The Morgan fingerprint density at radius 2 is 1.90 bits per heavy atom. The van der Waals surface area contributed by atoms with E-state index in [-0.39, 0.29) is 5.60 Å². The highest BCUT2D eigenvalue weighted by atomic mass is 28.4. The molecule has 4 rings (SSSR count). The summed E-state index contributed by atoms with van der Waals surface area (Å²) in [6.45, 7) is 15.3. The van der Waals surface area contributed by atoms with Crippen LogP contribution in [0.15, 0.2) is 12.2 Å². The fourth-order valence-corrected chi connectivity index (χ4v) is 6.56. The maximum Gasteiger partial charge on any atom is 0.498 e. The van der Waals surface area contributed by atoms with E-state index in [1.54, 1.807) is 0 Å². The molecule has 4 nitrogen and oxygen atoms in total. The molecule has 3 saturated heterocycles. The third kappa shape index (κ3) is 3.12. The lowest BCUT2D eigenvalue weighted by atomic mass is 9.68. The minimum absolute atomic E-state index is 0.161. The molecule has 2 bridgehead atoms. The van der Waals surface area contributed by atoms with E-state index in [9.17, 15) is 0 Å². The highest BCUT2D eigenvalue weighted by Gasteiger charge is 2.54. The van der Waals surface area contributed by atoms with Gasteiger partial charge in [0.15, 0.2) is 0 Å². The smallest absolute Gasteiger partial charge is 0.372 e. The van der Waals surface area contributed by atoms with Crippen LogP contribution >= 0.6 is 0 Å². The van der Waals surface area contributed by atoms with Crippen molar-refractivity contribution in [2.24, 2.45) is 11.8 Å². The zero-order valence-corrected chi connectivity index (χ0v) is 14.7. The van der Waals surface area contributed by atoms with Gasteiger partial charge in [0.25, 0.3) is 0 Å². The van der Waals surface area contributed by atoms with Crippen LogP contribution in [0.3, 0.4) is 0 Å². The molecule has 21 heavy (non-hydrogen) atoms. The topological polar surface area (TPSA) is 30.9 Å². The van der Waals surface area contributed by atoms with Crippen LogP contribution in [-0.4, -0.2) is 52.2 Å². The fourth-order valence-electron chi connectivity index (χ4n) is 4.40. The summed E-state index contributed by atoms with van der Waals surface area (Å²) >= 11 is 0. The van der Waals surface area contributed by atoms with Crippen LogP contribution in [0.5, 0.6) is 0 Å². The maximum atomic E-state index is 6.71. The number of hydrogen-bond acceptors (Lipinski definition) is 4. The van der Waals surface area contributed by atoms with Crippen molar-refractivity contribution in [1.29, 1.82) is 0 Å². The van der Waals surface area contributed by atoms with Crippen LogP contribution in [0.2, 0.25) is 6.55 Å². The lowest BCUT2D eigenvalue weighted by molar-refractivity contribution is -0.129. The Balaban J connectivity index is 1.96. The molecular weight excluding hydrogens is 282 g/mol. The van der Waals surface area contributed by atoms with E-state index >= 15 is 0 Å². The Morgan fingerprint density at radius 1 is 1.24 bits per heavy atom. The van der Waals surface area contributed by atoms with Crippen molar-refractivity contribution in [3.8, 4) is 0 Å². The van der Waals surface area contributed by atoms with Crippen LogP contribution in [0, 0.1) is 11.8 Å². The molecule has 0 N–H and O–H groups in total.